The monoisotopic (exact) mass is 702 g/mol. The highest BCUT2D eigenvalue weighted by Gasteiger charge is 2.21. The molecule has 0 aliphatic heterocycles. The Morgan fingerprint density at radius 2 is 0.667 bits per heavy atom. The van der Waals surface area contributed by atoms with Crippen LogP contribution in [-0.4, -0.2) is 14.2 Å². The Morgan fingerprint density at radius 1 is 0.333 bits per heavy atom. The van der Waals surface area contributed by atoms with Gasteiger partial charge in [-0.3, -0.25) is 0 Å². The van der Waals surface area contributed by atoms with Crippen LogP contribution < -0.4 is 19.3 Å². The molecular weight excluding hydrogens is 661 g/mol. The first-order chi connectivity index (χ1) is 26.5. The van der Waals surface area contributed by atoms with Crippen LogP contribution in [0.2, 0.25) is 0 Å². The Bertz CT molecular complexity index is 2320. The lowest BCUT2D eigenvalue weighted by Crippen LogP contribution is -2.11. The van der Waals surface area contributed by atoms with Crippen LogP contribution >= 0.6 is 0 Å². The summed E-state index contributed by atoms with van der Waals surface area (Å²) in [6.07, 6.45) is 0. The average Bonchev–Trinajstić information content (AvgIpc) is 3.22. The molecule has 4 nitrogen and oxygen atoms in total. The van der Waals surface area contributed by atoms with Gasteiger partial charge in [-0.1, -0.05) is 96.1 Å². The predicted octanol–water partition coefficient (Wildman–Crippen LogP) is 13.7. The molecule has 0 spiro atoms. The van der Waals surface area contributed by atoms with Gasteiger partial charge in [-0.15, -0.1) is 0 Å². The molecule has 8 rings (SSSR count). The number of fused-ring (bicyclic) bond motifs is 1. The zero-order chi connectivity index (χ0) is 37.0. The fourth-order valence-electron chi connectivity index (χ4n) is 7.14. The molecule has 0 unspecified atom stereocenters. The Balaban J connectivity index is 1.46. The molecule has 0 amide bonds. The fourth-order valence-corrected chi connectivity index (χ4v) is 7.14. The summed E-state index contributed by atoms with van der Waals surface area (Å²) in [6.45, 7) is 4.28. The number of anilines is 6. The first-order valence-corrected chi connectivity index (χ1v) is 18.2. The normalized spacial score (nSPS) is 11.0. The van der Waals surface area contributed by atoms with Crippen LogP contribution in [0.3, 0.4) is 0 Å². The van der Waals surface area contributed by atoms with Crippen LogP contribution in [0.4, 0.5) is 34.1 Å². The number of para-hydroxylation sites is 2. The van der Waals surface area contributed by atoms with E-state index in [1.165, 1.54) is 11.1 Å². The van der Waals surface area contributed by atoms with Crippen molar-refractivity contribution in [2.75, 3.05) is 24.0 Å². The van der Waals surface area contributed by atoms with Gasteiger partial charge < -0.3 is 19.3 Å². The Kier molecular flexibility index (Phi) is 9.57. The molecule has 0 saturated carbocycles. The molecule has 0 radical (unpaired) electrons. The van der Waals surface area contributed by atoms with Gasteiger partial charge in [0.05, 0.1) is 14.2 Å². The van der Waals surface area contributed by atoms with Gasteiger partial charge in [0.1, 0.15) is 11.5 Å². The van der Waals surface area contributed by atoms with E-state index in [4.69, 9.17) is 9.47 Å². The first kappa shape index (κ1) is 34.3. The standard InChI is InChI=1S/C50H42N2O2/c1-35-15-19-37(20-16-35)47-31-43(51(39-11-7-5-8-12-39)41-23-27-45(53-3)28-24-41)34-50-48(38-21-17-36(2)18-22-38)32-44(33-49(47)50)52(40-13-9-6-10-14-40)42-25-29-46(54-4)30-26-42/h5-34H,1-4H3. The zero-order valence-corrected chi connectivity index (χ0v) is 31.0. The van der Waals surface area contributed by atoms with E-state index in [1.54, 1.807) is 14.2 Å². The SMILES string of the molecule is COc1ccc(N(c2ccccc2)c2cc(-c3ccc(C)cc3)c3cc(N(c4ccccc4)c4ccc(OC)cc4)cc(-c4ccc(C)cc4)c3c2)cc1. The number of nitrogens with zero attached hydrogens (tertiary/aromatic N) is 2. The third-order valence-corrected chi connectivity index (χ3v) is 9.97. The number of hydrogen-bond acceptors (Lipinski definition) is 4. The van der Waals surface area contributed by atoms with E-state index in [1.807, 2.05) is 24.3 Å². The summed E-state index contributed by atoms with van der Waals surface area (Å²) in [7, 11) is 3.41. The first-order valence-electron chi connectivity index (χ1n) is 18.2. The maximum atomic E-state index is 5.55. The largest absolute Gasteiger partial charge is 0.497 e. The van der Waals surface area contributed by atoms with Gasteiger partial charge in [0.25, 0.3) is 0 Å². The van der Waals surface area contributed by atoms with Gasteiger partial charge in [0, 0.05) is 34.1 Å². The summed E-state index contributed by atoms with van der Waals surface area (Å²) in [6, 6.07) is 64.9. The van der Waals surface area contributed by atoms with Crippen LogP contribution in [0.15, 0.2) is 182 Å². The highest BCUT2D eigenvalue weighted by Crippen LogP contribution is 2.46. The number of rotatable bonds is 10. The fraction of sp³-hybridized carbons (Fsp3) is 0.0800. The topological polar surface area (TPSA) is 24.9 Å². The van der Waals surface area contributed by atoms with E-state index in [9.17, 15) is 0 Å². The van der Waals surface area contributed by atoms with Gasteiger partial charge in [-0.2, -0.15) is 0 Å². The Morgan fingerprint density at radius 3 is 1.00 bits per heavy atom. The van der Waals surface area contributed by atoms with Crippen molar-refractivity contribution in [3.05, 3.63) is 193 Å². The van der Waals surface area contributed by atoms with Crippen molar-refractivity contribution in [3.63, 3.8) is 0 Å². The van der Waals surface area contributed by atoms with Crippen LogP contribution in [0.5, 0.6) is 11.5 Å². The summed E-state index contributed by atoms with van der Waals surface area (Å²) in [5.41, 5.74) is 13.4. The van der Waals surface area contributed by atoms with Crippen molar-refractivity contribution >= 4 is 44.9 Å². The van der Waals surface area contributed by atoms with Crippen LogP contribution in [0.25, 0.3) is 33.0 Å². The van der Waals surface area contributed by atoms with Crippen molar-refractivity contribution in [3.8, 4) is 33.8 Å². The van der Waals surface area contributed by atoms with Crippen LogP contribution in [0.1, 0.15) is 11.1 Å². The van der Waals surface area contributed by atoms with E-state index in [2.05, 4.69) is 181 Å². The van der Waals surface area contributed by atoms with Gasteiger partial charge >= 0.3 is 0 Å². The lowest BCUT2D eigenvalue weighted by Gasteiger charge is -2.29. The summed E-state index contributed by atoms with van der Waals surface area (Å²) in [5, 5.41) is 2.32. The van der Waals surface area contributed by atoms with E-state index < -0.39 is 0 Å². The maximum Gasteiger partial charge on any atom is 0.119 e. The third-order valence-electron chi connectivity index (χ3n) is 9.97. The predicted molar refractivity (Wildman–Crippen MR) is 227 cm³/mol. The smallest absolute Gasteiger partial charge is 0.119 e. The van der Waals surface area contributed by atoms with Gasteiger partial charge in [-0.05, 0) is 144 Å². The molecule has 0 aromatic heterocycles. The number of ether oxygens (including phenoxy) is 2. The van der Waals surface area contributed by atoms with Crippen LogP contribution in [0, 0.1) is 13.8 Å². The molecule has 0 aliphatic carbocycles. The van der Waals surface area contributed by atoms with E-state index >= 15 is 0 Å². The van der Waals surface area contributed by atoms with Gasteiger partial charge in [-0.25, -0.2) is 0 Å². The molecule has 8 aromatic rings. The minimum atomic E-state index is 0.819. The second kappa shape index (κ2) is 15.1. The second-order valence-electron chi connectivity index (χ2n) is 13.6. The minimum Gasteiger partial charge on any atom is -0.497 e. The molecule has 264 valence electrons. The van der Waals surface area contributed by atoms with E-state index in [0.717, 1.165) is 78.6 Å². The molecule has 0 N–H and O–H groups in total. The molecule has 0 bridgehead atoms. The average molecular weight is 703 g/mol. The molecule has 54 heavy (non-hydrogen) atoms. The number of aryl methyl sites for hydroxylation is 2. The summed E-state index contributed by atoms with van der Waals surface area (Å²) < 4.78 is 11.1. The van der Waals surface area contributed by atoms with Crippen molar-refractivity contribution in [2.24, 2.45) is 0 Å². The second-order valence-corrected chi connectivity index (χ2v) is 13.6. The van der Waals surface area contributed by atoms with E-state index in [0.29, 0.717) is 0 Å². The van der Waals surface area contributed by atoms with Crippen molar-refractivity contribution in [1.29, 1.82) is 0 Å². The molecule has 8 aromatic carbocycles. The van der Waals surface area contributed by atoms with Gasteiger partial charge in [0.2, 0.25) is 0 Å². The van der Waals surface area contributed by atoms with Gasteiger partial charge in [0.15, 0.2) is 0 Å². The Hall–Kier alpha value is -6.78. The molecule has 0 atom stereocenters. The van der Waals surface area contributed by atoms with E-state index in [-0.39, 0.29) is 0 Å². The maximum absolute atomic E-state index is 5.55. The summed E-state index contributed by atoms with van der Waals surface area (Å²) in [5.74, 6) is 1.64. The number of hydrogen-bond donors (Lipinski definition) is 0. The van der Waals surface area contributed by atoms with Crippen molar-refractivity contribution < 1.29 is 9.47 Å². The lowest BCUT2D eigenvalue weighted by atomic mass is 9.90. The minimum absolute atomic E-state index is 0.819. The molecule has 0 fully saturated rings. The Labute approximate surface area is 318 Å². The highest BCUT2D eigenvalue weighted by atomic mass is 16.5. The van der Waals surface area contributed by atoms with Crippen molar-refractivity contribution in [1.82, 2.24) is 0 Å². The summed E-state index contributed by atoms with van der Waals surface area (Å²) in [4.78, 5) is 4.66. The zero-order valence-electron chi connectivity index (χ0n) is 31.0. The molecular formula is C50H42N2O2. The third kappa shape index (κ3) is 6.90. The number of methoxy groups -OCH3 is 2. The summed E-state index contributed by atoms with van der Waals surface area (Å²) >= 11 is 0. The lowest BCUT2D eigenvalue weighted by molar-refractivity contribution is 0.414. The molecule has 0 saturated heterocycles. The molecule has 0 aliphatic rings. The molecule has 4 heteroatoms. The van der Waals surface area contributed by atoms with Crippen molar-refractivity contribution in [2.45, 2.75) is 13.8 Å². The quantitative estimate of drug-likeness (QED) is 0.142. The van der Waals surface area contributed by atoms with Crippen LogP contribution in [-0.2, 0) is 0 Å². The number of benzene rings is 8. The molecule has 0 heterocycles. The highest BCUT2D eigenvalue weighted by molar-refractivity contribution is 6.09.